The van der Waals surface area contributed by atoms with Crippen molar-refractivity contribution in [3.05, 3.63) is 27.8 Å². The first-order chi connectivity index (χ1) is 11.5. The molecule has 0 unspecified atom stereocenters. The molecule has 24 heavy (non-hydrogen) atoms. The van der Waals surface area contributed by atoms with Crippen molar-refractivity contribution in [3.8, 4) is 11.4 Å². The van der Waals surface area contributed by atoms with Gasteiger partial charge >= 0.3 is 5.69 Å². The lowest BCUT2D eigenvalue weighted by Crippen LogP contribution is -2.31. The van der Waals surface area contributed by atoms with Gasteiger partial charge in [-0.2, -0.15) is 0 Å². The van der Waals surface area contributed by atoms with E-state index in [0.29, 0.717) is 35.1 Å². The van der Waals surface area contributed by atoms with Crippen LogP contribution < -0.4 is 5.32 Å². The van der Waals surface area contributed by atoms with Crippen molar-refractivity contribution < 1.29 is 4.92 Å². The number of anilines is 1. The van der Waals surface area contributed by atoms with Crippen molar-refractivity contribution >= 4 is 11.6 Å². The first-order valence-electron chi connectivity index (χ1n) is 8.27. The highest BCUT2D eigenvalue weighted by molar-refractivity contribution is 5.68. The second-order valence-electron chi connectivity index (χ2n) is 6.47. The SMILES string of the molecule is Cc1nc(-c2nc(N[C@@H]3CCCC[C@@H]3C)nc(C)c2[N+](=O)[O-])c[nH]1. The largest absolute Gasteiger partial charge is 0.351 e. The average molecular weight is 330 g/mol. The Morgan fingerprint density at radius 2 is 2.00 bits per heavy atom. The normalized spacial score (nSPS) is 20.8. The molecular weight excluding hydrogens is 308 g/mol. The van der Waals surface area contributed by atoms with Gasteiger partial charge in [-0.05, 0) is 32.6 Å². The summed E-state index contributed by atoms with van der Waals surface area (Å²) in [6.07, 6.45) is 6.31. The van der Waals surface area contributed by atoms with E-state index in [-0.39, 0.29) is 11.4 Å². The molecule has 128 valence electrons. The molecule has 1 aliphatic carbocycles. The summed E-state index contributed by atoms with van der Waals surface area (Å²) in [4.78, 5) is 27.0. The predicted molar refractivity (Wildman–Crippen MR) is 90.8 cm³/mol. The number of imidazole rings is 1. The number of aryl methyl sites for hydroxylation is 2. The summed E-state index contributed by atoms with van der Waals surface area (Å²) < 4.78 is 0. The highest BCUT2D eigenvalue weighted by Crippen LogP contribution is 2.31. The number of aromatic amines is 1. The van der Waals surface area contributed by atoms with Crippen LogP contribution >= 0.6 is 0 Å². The lowest BCUT2D eigenvalue weighted by molar-refractivity contribution is -0.385. The Morgan fingerprint density at radius 1 is 1.25 bits per heavy atom. The maximum Gasteiger partial charge on any atom is 0.318 e. The molecule has 3 rings (SSSR count). The van der Waals surface area contributed by atoms with E-state index < -0.39 is 4.92 Å². The van der Waals surface area contributed by atoms with Crippen LogP contribution in [0.5, 0.6) is 0 Å². The topological polar surface area (TPSA) is 110 Å². The maximum absolute atomic E-state index is 11.4. The molecule has 0 radical (unpaired) electrons. The monoisotopic (exact) mass is 330 g/mol. The molecule has 2 aromatic heterocycles. The fraction of sp³-hybridized carbons (Fsp3) is 0.562. The molecule has 1 saturated carbocycles. The van der Waals surface area contributed by atoms with Crippen molar-refractivity contribution in [2.24, 2.45) is 5.92 Å². The summed E-state index contributed by atoms with van der Waals surface area (Å²) in [7, 11) is 0. The van der Waals surface area contributed by atoms with E-state index in [1.807, 2.05) is 0 Å². The van der Waals surface area contributed by atoms with Crippen molar-refractivity contribution in [3.63, 3.8) is 0 Å². The van der Waals surface area contributed by atoms with E-state index in [0.717, 1.165) is 6.42 Å². The van der Waals surface area contributed by atoms with Gasteiger partial charge in [-0.1, -0.05) is 19.8 Å². The fourth-order valence-corrected chi connectivity index (χ4v) is 3.26. The molecule has 0 bridgehead atoms. The third-order valence-electron chi connectivity index (χ3n) is 4.62. The Balaban J connectivity index is 1.99. The molecule has 8 heteroatoms. The molecule has 2 heterocycles. The average Bonchev–Trinajstić information content (AvgIpc) is 2.95. The van der Waals surface area contributed by atoms with Gasteiger partial charge in [0.2, 0.25) is 5.95 Å². The minimum atomic E-state index is -0.443. The molecule has 1 fully saturated rings. The molecule has 0 aromatic carbocycles. The standard InChI is InChI=1S/C16H22N6O2/c1-9-6-4-5-7-12(9)20-16-18-10(2)15(22(23)24)14(21-16)13-8-17-11(3)19-13/h8-9,12H,4-7H2,1-3H3,(H,17,19)(H,18,20,21)/t9-,12+/m0/s1. The van der Waals surface area contributed by atoms with Gasteiger partial charge in [0.25, 0.3) is 0 Å². The lowest BCUT2D eigenvalue weighted by Gasteiger charge is -2.29. The molecule has 8 nitrogen and oxygen atoms in total. The van der Waals surface area contributed by atoms with Crippen LogP contribution in [0.25, 0.3) is 11.4 Å². The van der Waals surface area contributed by atoms with Crippen LogP contribution in [0.1, 0.15) is 44.1 Å². The number of hydrogen-bond donors (Lipinski definition) is 2. The van der Waals surface area contributed by atoms with Crippen LogP contribution in [-0.4, -0.2) is 30.9 Å². The van der Waals surface area contributed by atoms with E-state index in [2.05, 4.69) is 32.2 Å². The number of nitrogens with one attached hydrogen (secondary N) is 2. The Bertz CT molecular complexity index is 757. The third-order valence-corrected chi connectivity index (χ3v) is 4.62. The van der Waals surface area contributed by atoms with Crippen LogP contribution in [0, 0.1) is 29.9 Å². The zero-order chi connectivity index (χ0) is 17.3. The van der Waals surface area contributed by atoms with Crippen LogP contribution in [0.2, 0.25) is 0 Å². The zero-order valence-electron chi connectivity index (χ0n) is 14.2. The number of nitro groups is 1. The molecule has 1 aliphatic rings. The van der Waals surface area contributed by atoms with E-state index in [1.54, 1.807) is 20.0 Å². The molecule has 0 aliphatic heterocycles. The third kappa shape index (κ3) is 3.22. The Morgan fingerprint density at radius 3 is 2.62 bits per heavy atom. The van der Waals surface area contributed by atoms with E-state index in [1.165, 1.54) is 19.3 Å². The first kappa shape index (κ1) is 16.4. The molecular formula is C16H22N6O2. The van der Waals surface area contributed by atoms with E-state index in [4.69, 9.17) is 0 Å². The number of nitrogens with zero attached hydrogens (tertiary/aromatic N) is 4. The van der Waals surface area contributed by atoms with Gasteiger partial charge in [0, 0.05) is 12.2 Å². The van der Waals surface area contributed by atoms with Crippen LogP contribution in [0.4, 0.5) is 11.6 Å². The summed E-state index contributed by atoms with van der Waals surface area (Å²) in [6.45, 7) is 5.65. The molecule has 2 aromatic rings. The van der Waals surface area contributed by atoms with Gasteiger partial charge < -0.3 is 10.3 Å². The fourth-order valence-electron chi connectivity index (χ4n) is 3.26. The van der Waals surface area contributed by atoms with Gasteiger partial charge in [0.15, 0.2) is 5.69 Å². The minimum absolute atomic E-state index is 0.0938. The van der Waals surface area contributed by atoms with Crippen molar-refractivity contribution in [1.29, 1.82) is 0 Å². The van der Waals surface area contributed by atoms with E-state index >= 15 is 0 Å². The Hall–Kier alpha value is -2.51. The number of H-pyrrole nitrogens is 1. The van der Waals surface area contributed by atoms with Crippen molar-refractivity contribution in [2.45, 2.75) is 52.5 Å². The lowest BCUT2D eigenvalue weighted by atomic mass is 9.86. The van der Waals surface area contributed by atoms with Gasteiger partial charge in [-0.3, -0.25) is 10.1 Å². The summed E-state index contributed by atoms with van der Waals surface area (Å²) in [6, 6.07) is 0.299. The molecule has 0 amide bonds. The second-order valence-corrected chi connectivity index (χ2v) is 6.47. The van der Waals surface area contributed by atoms with Crippen molar-refractivity contribution in [2.75, 3.05) is 5.32 Å². The van der Waals surface area contributed by atoms with Gasteiger partial charge in [-0.15, -0.1) is 0 Å². The zero-order valence-corrected chi connectivity index (χ0v) is 14.2. The van der Waals surface area contributed by atoms with Gasteiger partial charge in [0.05, 0.1) is 4.92 Å². The van der Waals surface area contributed by atoms with Crippen molar-refractivity contribution in [1.82, 2.24) is 19.9 Å². The Kier molecular flexibility index (Phi) is 4.46. The van der Waals surface area contributed by atoms with E-state index in [9.17, 15) is 10.1 Å². The smallest absolute Gasteiger partial charge is 0.318 e. The maximum atomic E-state index is 11.4. The predicted octanol–water partition coefficient (Wildman–Crippen LogP) is 3.38. The number of rotatable bonds is 4. The summed E-state index contributed by atoms with van der Waals surface area (Å²) >= 11 is 0. The highest BCUT2D eigenvalue weighted by atomic mass is 16.6. The van der Waals surface area contributed by atoms with Gasteiger partial charge in [-0.25, -0.2) is 15.0 Å². The number of aromatic nitrogens is 4. The second kappa shape index (κ2) is 6.54. The Labute approximate surface area is 140 Å². The first-order valence-corrected chi connectivity index (χ1v) is 8.27. The van der Waals surface area contributed by atoms with Crippen LogP contribution in [-0.2, 0) is 0 Å². The minimum Gasteiger partial charge on any atom is -0.351 e. The highest BCUT2D eigenvalue weighted by Gasteiger charge is 2.27. The molecule has 0 saturated heterocycles. The molecule has 2 atom stereocenters. The molecule has 0 spiro atoms. The summed E-state index contributed by atoms with van der Waals surface area (Å²) in [5.74, 6) is 1.66. The van der Waals surface area contributed by atoms with Crippen LogP contribution in [0.15, 0.2) is 6.20 Å². The van der Waals surface area contributed by atoms with Crippen LogP contribution in [0.3, 0.4) is 0 Å². The molecule has 2 N–H and O–H groups in total. The quantitative estimate of drug-likeness (QED) is 0.657. The summed E-state index contributed by atoms with van der Waals surface area (Å²) in [5, 5.41) is 14.8. The number of hydrogen-bond acceptors (Lipinski definition) is 6. The van der Waals surface area contributed by atoms with Gasteiger partial charge in [0.1, 0.15) is 17.2 Å². The summed E-state index contributed by atoms with van der Waals surface area (Å²) in [5.41, 5.74) is 0.965.